The van der Waals surface area contributed by atoms with E-state index in [-0.39, 0.29) is 5.91 Å². The Bertz CT molecular complexity index is 785. The van der Waals surface area contributed by atoms with Crippen molar-refractivity contribution in [3.05, 3.63) is 53.5 Å². The molecule has 1 aromatic heterocycles. The molecule has 26 heavy (non-hydrogen) atoms. The van der Waals surface area contributed by atoms with Crippen molar-refractivity contribution in [1.82, 2.24) is 10.2 Å². The first-order valence-electron chi connectivity index (χ1n) is 9.52. The van der Waals surface area contributed by atoms with Crippen LogP contribution in [0, 0.1) is 5.92 Å². The monoisotopic (exact) mass is 353 g/mol. The first-order chi connectivity index (χ1) is 12.7. The molecule has 1 amide bonds. The van der Waals surface area contributed by atoms with Crippen LogP contribution in [0.3, 0.4) is 0 Å². The lowest BCUT2D eigenvalue weighted by atomic mass is 10.1. The molecule has 2 unspecified atom stereocenters. The summed E-state index contributed by atoms with van der Waals surface area (Å²) in [5.74, 6) is 1.42. The molecule has 1 N–H and O–H groups in total. The van der Waals surface area contributed by atoms with E-state index in [1.807, 2.05) is 18.0 Å². The van der Waals surface area contributed by atoms with Crippen LogP contribution in [0.5, 0.6) is 0 Å². The van der Waals surface area contributed by atoms with Crippen LogP contribution < -0.4 is 10.2 Å². The van der Waals surface area contributed by atoms with E-state index in [4.69, 9.17) is 4.42 Å². The fourth-order valence-electron chi connectivity index (χ4n) is 4.32. The number of hydrogen-bond donors (Lipinski definition) is 1. The lowest BCUT2D eigenvalue weighted by Crippen LogP contribution is -2.32. The summed E-state index contributed by atoms with van der Waals surface area (Å²) in [6, 6.07) is 10.7. The molecular weight excluding hydrogens is 326 g/mol. The molecule has 1 aromatic carbocycles. The van der Waals surface area contributed by atoms with Gasteiger partial charge >= 0.3 is 0 Å². The first kappa shape index (κ1) is 17.2. The van der Waals surface area contributed by atoms with Gasteiger partial charge in [-0.25, -0.2) is 0 Å². The van der Waals surface area contributed by atoms with Crippen molar-refractivity contribution in [3.8, 4) is 0 Å². The summed E-state index contributed by atoms with van der Waals surface area (Å²) in [6.07, 6.45) is 3.75. The van der Waals surface area contributed by atoms with Crippen LogP contribution >= 0.6 is 0 Å². The standard InChI is InChI=1S/C21H27N3O2/c1-15-11-17-5-3-4-6-19(17)24(15)14-20-18(8-10-26-20)21(25)23-9-7-16(13-23)12-22-2/h3-6,8,10,15-16,22H,7,9,11-14H2,1-2H3. The summed E-state index contributed by atoms with van der Waals surface area (Å²) < 4.78 is 5.74. The lowest BCUT2D eigenvalue weighted by Gasteiger charge is -2.24. The quantitative estimate of drug-likeness (QED) is 0.898. The number of amides is 1. The lowest BCUT2D eigenvalue weighted by molar-refractivity contribution is 0.0785. The molecule has 0 saturated carbocycles. The van der Waals surface area contributed by atoms with Gasteiger partial charge in [0.25, 0.3) is 5.91 Å². The number of fused-ring (bicyclic) bond motifs is 1. The fourth-order valence-corrected chi connectivity index (χ4v) is 4.32. The van der Waals surface area contributed by atoms with Gasteiger partial charge in [0.2, 0.25) is 0 Å². The summed E-state index contributed by atoms with van der Waals surface area (Å²) >= 11 is 0. The van der Waals surface area contributed by atoms with Crippen molar-refractivity contribution < 1.29 is 9.21 Å². The zero-order valence-electron chi connectivity index (χ0n) is 15.6. The van der Waals surface area contributed by atoms with Gasteiger partial charge in [-0.15, -0.1) is 0 Å². The van der Waals surface area contributed by atoms with Crippen LogP contribution in [0.2, 0.25) is 0 Å². The van der Waals surface area contributed by atoms with Crippen LogP contribution in [-0.2, 0) is 13.0 Å². The number of hydrogen-bond acceptors (Lipinski definition) is 4. The Labute approximate surface area is 155 Å². The van der Waals surface area contributed by atoms with Gasteiger partial charge in [-0.05, 0) is 57.0 Å². The second-order valence-electron chi connectivity index (χ2n) is 7.53. The molecule has 3 heterocycles. The highest BCUT2D eigenvalue weighted by atomic mass is 16.3. The predicted octanol–water partition coefficient (Wildman–Crippen LogP) is 2.91. The van der Waals surface area contributed by atoms with Crippen molar-refractivity contribution >= 4 is 11.6 Å². The summed E-state index contributed by atoms with van der Waals surface area (Å²) in [6.45, 7) is 5.49. The number of likely N-dealkylation sites (tertiary alicyclic amines) is 1. The summed E-state index contributed by atoms with van der Waals surface area (Å²) in [4.78, 5) is 17.3. The van der Waals surface area contributed by atoms with Crippen molar-refractivity contribution in [1.29, 1.82) is 0 Å². The van der Waals surface area contributed by atoms with Crippen molar-refractivity contribution in [2.75, 3.05) is 31.6 Å². The summed E-state index contributed by atoms with van der Waals surface area (Å²) in [5.41, 5.74) is 3.34. The maximum atomic E-state index is 13.0. The Hall–Kier alpha value is -2.27. The SMILES string of the molecule is CNCC1CCN(C(=O)c2ccoc2CN2c3ccccc3CC2C)C1. The minimum absolute atomic E-state index is 0.104. The Kier molecular flexibility index (Phi) is 4.72. The molecule has 0 radical (unpaired) electrons. The molecule has 0 aliphatic carbocycles. The van der Waals surface area contributed by atoms with E-state index in [0.717, 1.165) is 38.2 Å². The van der Waals surface area contributed by atoms with Gasteiger partial charge in [0.05, 0.1) is 18.4 Å². The van der Waals surface area contributed by atoms with E-state index in [1.165, 1.54) is 11.3 Å². The molecule has 5 nitrogen and oxygen atoms in total. The second kappa shape index (κ2) is 7.16. The molecule has 2 aliphatic heterocycles. The van der Waals surface area contributed by atoms with Crippen LogP contribution in [0.1, 0.15) is 35.0 Å². The molecule has 0 bridgehead atoms. The van der Waals surface area contributed by atoms with Crippen molar-refractivity contribution in [3.63, 3.8) is 0 Å². The molecule has 1 fully saturated rings. The number of benzene rings is 1. The first-order valence-corrected chi connectivity index (χ1v) is 9.52. The maximum absolute atomic E-state index is 13.0. The third-order valence-electron chi connectivity index (χ3n) is 5.70. The van der Waals surface area contributed by atoms with Crippen molar-refractivity contribution in [2.45, 2.75) is 32.4 Å². The number of rotatable bonds is 5. The van der Waals surface area contributed by atoms with E-state index >= 15 is 0 Å². The molecule has 4 rings (SSSR count). The van der Waals surface area contributed by atoms with E-state index in [0.29, 0.717) is 24.1 Å². The number of anilines is 1. The normalized spacial score (nSPS) is 22.1. The van der Waals surface area contributed by atoms with Gasteiger partial charge in [0, 0.05) is 24.8 Å². The average molecular weight is 353 g/mol. The van der Waals surface area contributed by atoms with Crippen LogP contribution in [0.4, 0.5) is 5.69 Å². The Morgan fingerprint density at radius 1 is 1.31 bits per heavy atom. The average Bonchev–Trinajstić information content (AvgIpc) is 3.35. The van der Waals surface area contributed by atoms with Gasteiger partial charge < -0.3 is 19.5 Å². The number of nitrogens with one attached hydrogen (secondary N) is 1. The van der Waals surface area contributed by atoms with E-state index in [9.17, 15) is 4.79 Å². The van der Waals surface area contributed by atoms with Gasteiger partial charge in [-0.2, -0.15) is 0 Å². The third-order valence-corrected chi connectivity index (χ3v) is 5.70. The highest BCUT2D eigenvalue weighted by molar-refractivity contribution is 5.95. The number of nitrogens with zero attached hydrogens (tertiary/aromatic N) is 2. The van der Waals surface area contributed by atoms with E-state index in [2.05, 4.69) is 41.4 Å². The minimum Gasteiger partial charge on any atom is -0.467 e. The van der Waals surface area contributed by atoms with Gasteiger partial charge in [0.1, 0.15) is 5.76 Å². The molecule has 2 atom stereocenters. The van der Waals surface area contributed by atoms with Gasteiger partial charge in [-0.3, -0.25) is 4.79 Å². The number of carbonyl (C=O) groups is 1. The molecular formula is C21H27N3O2. The van der Waals surface area contributed by atoms with Crippen LogP contribution in [0.25, 0.3) is 0 Å². The second-order valence-corrected chi connectivity index (χ2v) is 7.53. The Balaban J connectivity index is 1.50. The van der Waals surface area contributed by atoms with Gasteiger partial charge in [-0.1, -0.05) is 18.2 Å². The number of carbonyl (C=O) groups excluding carboxylic acids is 1. The summed E-state index contributed by atoms with van der Waals surface area (Å²) in [7, 11) is 1.97. The Morgan fingerprint density at radius 2 is 2.15 bits per heavy atom. The highest BCUT2D eigenvalue weighted by Gasteiger charge is 2.31. The van der Waals surface area contributed by atoms with Crippen LogP contribution in [-0.4, -0.2) is 43.5 Å². The largest absolute Gasteiger partial charge is 0.467 e. The zero-order valence-corrected chi connectivity index (χ0v) is 15.6. The third kappa shape index (κ3) is 3.12. The van der Waals surface area contributed by atoms with Gasteiger partial charge in [0.15, 0.2) is 0 Å². The Morgan fingerprint density at radius 3 is 3.00 bits per heavy atom. The molecule has 5 heteroatoms. The van der Waals surface area contributed by atoms with E-state index < -0.39 is 0 Å². The predicted molar refractivity (Wildman–Crippen MR) is 102 cm³/mol. The zero-order chi connectivity index (χ0) is 18.1. The molecule has 2 aromatic rings. The minimum atomic E-state index is 0.104. The number of para-hydroxylation sites is 1. The molecule has 2 aliphatic rings. The molecule has 138 valence electrons. The maximum Gasteiger partial charge on any atom is 0.257 e. The topological polar surface area (TPSA) is 48.7 Å². The fraction of sp³-hybridized carbons (Fsp3) is 0.476. The molecule has 0 spiro atoms. The molecule has 1 saturated heterocycles. The number of furan rings is 1. The van der Waals surface area contributed by atoms with Crippen LogP contribution in [0.15, 0.2) is 41.0 Å². The summed E-state index contributed by atoms with van der Waals surface area (Å²) in [5, 5.41) is 3.21. The van der Waals surface area contributed by atoms with Crippen molar-refractivity contribution in [2.24, 2.45) is 5.92 Å². The highest BCUT2D eigenvalue weighted by Crippen LogP contribution is 2.34. The smallest absolute Gasteiger partial charge is 0.257 e. The van der Waals surface area contributed by atoms with E-state index in [1.54, 1.807) is 6.26 Å².